The molecule has 0 radical (unpaired) electrons. The summed E-state index contributed by atoms with van der Waals surface area (Å²) in [6.45, 7) is 5.08. The standard InChI is InChI=1S/C17H18FN3S2/c1-3-8-21-16(14-9-12(2)22-11-14)19-20-17(21)23-10-13-6-4-5-7-15(13)18/h4-7,9,11H,3,8,10H2,1-2H3. The van der Waals surface area contributed by atoms with Crippen LogP contribution in [0.2, 0.25) is 0 Å². The van der Waals surface area contributed by atoms with Crippen molar-refractivity contribution in [3.8, 4) is 11.4 Å². The van der Waals surface area contributed by atoms with E-state index in [-0.39, 0.29) is 5.82 Å². The van der Waals surface area contributed by atoms with Crippen LogP contribution in [0.25, 0.3) is 11.4 Å². The van der Waals surface area contributed by atoms with Crippen molar-refractivity contribution in [3.05, 3.63) is 52.0 Å². The first-order valence-corrected chi connectivity index (χ1v) is 9.40. The molecule has 120 valence electrons. The highest BCUT2D eigenvalue weighted by Crippen LogP contribution is 2.29. The van der Waals surface area contributed by atoms with Gasteiger partial charge in [-0.2, -0.15) is 0 Å². The van der Waals surface area contributed by atoms with Gasteiger partial charge in [0.2, 0.25) is 0 Å². The largest absolute Gasteiger partial charge is 0.302 e. The first-order chi connectivity index (χ1) is 11.2. The van der Waals surface area contributed by atoms with Gasteiger partial charge in [-0.15, -0.1) is 21.5 Å². The molecule has 0 saturated carbocycles. The third-order valence-corrected chi connectivity index (χ3v) is 5.34. The van der Waals surface area contributed by atoms with Crippen molar-refractivity contribution in [3.63, 3.8) is 0 Å². The molecule has 0 unspecified atom stereocenters. The molecule has 1 aromatic carbocycles. The molecule has 0 spiro atoms. The Hall–Kier alpha value is -1.66. The monoisotopic (exact) mass is 347 g/mol. The minimum Gasteiger partial charge on any atom is -0.302 e. The normalized spacial score (nSPS) is 11.1. The Morgan fingerprint density at radius 1 is 1.26 bits per heavy atom. The number of aryl methyl sites for hydroxylation is 1. The number of halogens is 1. The quantitative estimate of drug-likeness (QED) is 0.577. The predicted molar refractivity (Wildman–Crippen MR) is 94.3 cm³/mol. The molecule has 3 rings (SSSR count). The van der Waals surface area contributed by atoms with E-state index in [1.165, 1.54) is 22.7 Å². The molecular weight excluding hydrogens is 329 g/mol. The predicted octanol–water partition coefficient (Wildman–Crippen LogP) is 5.16. The van der Waals surface area contributed by atoms with E-state index in [4.69, 9.17) is 0 Å². The molecule has 0 N–H and O–H groups in total. The van der Waals surface area contributed by atoms with Crippen molar-refractivity contribution in [1.82, 2.24) is 14.8 Å². The Labute approximate surface area is 143 Å². The number of nitrogens with zero attached hydrogens (tertiary/aromatic N) is 3. The fraction of sp³-hybridized carbons (Fsp3) is 0.294. The number of benzene rings is 1. The Bertz CT molecular complexity index is 795. The highest BCUT2D eigenvalue weighted by atomic mass is 32.2. The molecule has 0 amide bonds. The molecule has 0 saturated heterocycles. The molecule has 0 fully saturated rings. The number of thioether (sulfide) groups is 1. The van der Waals surface area contributed by atoms with Gasteiger partial charge in [0, 0.05) is 28.1 Å². The summed E-state index contributed by atoms with van der Waals surface area (Å²) in [5.41, 5.74) is 1.79. The summed E-state index contributed by atoms with van der Waals surface area (Å²) in [6, 6.07) is 9.00. The van der Waals surface area contributed by atoms with Crippen molar-refractivity contribution >= 4 is 23.1 Å². The van der Waals surface area contributed by atoms with Crippen LogP contribution in [0.3, 0.4) is 0 Å². The summed E-state index contributed by atoms with van der Waals surface area (Å²) in [5, 5.41) is 11.6. The third-order valence-electron chi connectivity index (χ3n) is 3.47. The van der Waals surface area contributed by atoms with Crippen LogP contribution in [-0.4, -0.2) is 14.8 Å². The summed E-state index contributed by atoms with van der Waals surface area (Å²) in [7, 11) is 0. The lowest BCUT2D eigenvalue weighted by atomic mass is 10.2. The molecule has 0 bridgehead atoms. The zero-order valence-corrected chi connectivity index (χ0v) is 14.8. The average molecular weight is 347 g/mol. The highest BCUT2D eigenvalue weighted by Gasteiger charge is 2.15. The highest BCUT2D eigenvalue weighted by molar-refractivity contribution is 7.98. The van der Waals surface area contributed by atoms with E-state index in [0.717, 1.165) is 29.5 Å². The molecule has 2 aromatic heterocycles. The van der Waals surface area contributed by atoms with Crippen molar-refractivity contribution in [1.29, 1.82) is 0 Å². The maximum absolute atomic E-state index is 13.8. The molecule has 2 heterocycles. The van der Waals surface area contributed by atoms with Crippen molar-refractivity contribution < 1.29 is 4.39 Å². The Balaban J connectivity index is 1.85. The molecule has 6 heteroatoms. The first-order valence-electron chi connectivity index (χ1n) is 7.54. The van der Waals surface area contributed by atoms with Crippen LogP contribution in [0, 0.1) is 12.7 Å². The lowest BCUT2D eigenvalue weighted by Crippen LogP contribution is -2.01. The van der Waals surface area contributed by atoms with E-state index in [1.807, 2.05) is 12.1 Å². The van der Waals surface area contributed by atoms with Crippen molar-refractivity contribution in [2.24, 2.45) is 0 Å². The van der Waals surface area contributed by atoms with Gasteiger partial charge in [-0.25, -0.2) is 4.39 Å². The molecule has 3 nitrogen and oxygen atoms in total. The number of rotatable bonds is 6. The van der Waals surface area contributed by atoms with Gasteiger partial charge in [0.15, 0.2) is 11.0 Å². The summed E-state index contributed by atoms with van der Waals surface area (Å²) in [5.74, 6) is 1.28. The van der Waals surface area contributed by atoms with Gasteiger partial charge in [-0.3, -0.25) is 0 Å². The van der Waals surface area contributed by atoms with E-state index in [0.29, 0.717) is 11.3 Å². The fourth-order valence-corrected chi connectivity index (χ4v) is 3.98. The summed E-state index contributed by atoms with van der Waals surface area (Å²) in [4.78, 5) is 1.26. The second-order valence-electron chi connectivity index (χ2n) is 5.28. The van der Waals surface area contributed by atoms with Crippen LogP contribution in [0.4, 0.5) is 4.39 Å². The van der Waals surface area contributed by atoms with Crippen LogP contribution in [0.5, 0.6) is 0 Å². The maximum atomic E-state index is 13.8. The zero-order chi connectivity index (χ0) is 16.2. The van der Waals surface area contributed by atoms with Gasteiger partial charge < -0.3 is 4.57 Å². The van der Waals surface area contributed by atoms with Gasteiger partial charge >= 0.3 is 0 Å². The zero-order valence-electron chi connectivity index (χ0n) is 13.1. The fourth-order valence-electron chi connectivity index (χ4n) is 2.35. The van der Waals surface area contributed by atoms with Gasteiger partial charge in [0.1, 0.15) is 5.82 Å². The van der Waals surface area contributed by atoms with Crippen LogP contribution in [-0.2, 0) is 12.3 Å². The second-order valence-corrected chi connectivity index (χ2v) is 7.34. The molecule has 3 aromatic rings. The molecule has 0 atom stereocenters. The minimum absolute atomic E-state index is 0.171. The molecular formula is C17H18FN3S2. The van der Waals surface area contributed by atoms with Crippen molar-refractivity contribution in [2.45, 2.75) is 37.7 Å². The van der Waals surface area contributed by atoms with E-state index in [1.54, 1.807) is 17.4 Å². The Kier molecular flexibility index (Phi) is 5.13. The molecule has 23 heavy (non-hydrogen) atoms. The van der Waals surface area contributed by atoms with Gasteiger partial charge in [-0.1, -0.05) is 36.9 Å². The van der Waals surface area contributed by atoms with Crippen LogP contribution in [0.15, 0.2) is 40.9 Å². The van der Waals surface area contributed by atoms with E-state index in [9.17, 15) is 4.39 Å². The van der Waals surface area contributed by atoms with Gasteiger partial charge in [-0.05, 0) is 31.0 Å². The molecule has 0 aliphatic carbocycles. The topological polar surface area (TPSA) is 30.7 Å². The first kappa shape index (κ1) is 16.2. The van der Waals surface area contributed by atoms with Crippen LogP contribution in [0.1, 0.15) is 23.8 Å². The minimum atomic E-state index is -0.171. The van der Waals surface area contributed by atoms with Gasteiger partial charge in [0.05, 0.1) is 0 Å². The third kappa shape index (κ3) is 3.64. The number of hydrogen-bond donors (Lipinski definition) is 0. The van der Waals surface area contributed by atoms with Crippen molar-refractivity contribution in [2.75, 3.05) is 0 Å². The number of thiophene rings is 1. The van der Waals surface area contributed by atoms with Gasteiger partial charge in [0.25, 0.3) is 0 Å². The SMILES string of the molecule is CCCn1c(SCc2ccccc2F)nnc1-c1csc(C)c1. The average Bonchev–Trinajstić information content (AvgIpc) is 3.13. The summed E-state index contributed by atoms with van der Waals surface area (Å²) >= 11 is 3.24. The lowest BCUT2D eigenvalue weighted by molar-refractivity contribution is 0.615. The maximum Gasteiger partial charge on any atom is 0.191 e. The summed E-state index contributed by atoms with van der Waals surface area (Å²) < 4.78 is 15.9. The van der Waals surface area contributed by atoms with E-state index in [2.05, 4.69) is 40.1 Å². The molecule has 0 aliphatic rings. The van der Waals surface area contributed by atoms with Crippen LogP contribution < -0.4 is 0 Å². The number of hydrogen-bond acceptors (Lipinski definition) is 4. The van der Waals surface area contributed by atoms with E-state index < -0.39 is 0 Å². The Morgan fingerprint density at radius 3 is 2.78 bits per heavy atom. The molecule has 0 aliphatic heterocycles. The Morgan fingerprint density at radius 2 is 2.09 bits per heavy atom. The second kappa shape index (κ2) is 7.27. The van der Waals surface area contributed by atoms with E-state index >= 15 is 0 Å². The van der Waals surface area contributed by atoms with Crippen LogP contribution >= 0.6 is 23.1 Å². The summed E-state index contributed by atoms with van der Waals surface area (Å²) in [6.07, 6.45) is 1.00. The number of aromatic nitrogens is 3. The lowest BCUT2D eigenvalue weighted by Gasteiger charge is -2.08. The smallest absolute Gasteiger partial charge is 0.191 e.